The van der Waals surface area contributed by atoms with Gasteiger partial charge in [-0.2, -0.15) is 0 Å². The van der Waals surface area contributed by atoms with Gasteiger partial charge in [-0.3, -0.25) is 9.36 Å². The lowest BCUT2D eigenvalue weighted by Gasteiger charge is -2.05. The van der Waals surface area contributed by atoms with Gasteiger partial charge in [-0.25, -0.2) is 4.98 Å². The smallest absolute Gasteiger partial charge is 0.227 e. The molecule has 2 aromatic heterocycles. The molecule has 2 heterocycles. The highest BCUT2D eigenvalue weighted by molar-refractivity contribution is 5.83. The number of aryl methyl sites for hydroxylation is 2. The zero-order valence-electron chi connectivity index (χ0n) is 10.9. The zero-order chi connectivity index (χ0) is 13.4. The van der Waals surface area contributed by atoms with Crippen LogP contribution in [0.25, 0.3) is 22.6 Å². The number of nitrogens with zero attached hydrogens (tertiary/aromatic N) is 2. The van der Waals surface area contributed by atoms with Gasteiger partial charge >= 0.3 is 0 Å². The Labute approximate surface area is 110 Å². The Kier molecular flexibility index (Phi) is 2.71. The Bertz CT molecular complexity index is 753. The van der Waals surface area contributed by atoms with E-state index in [4.69, 9.17) is 4.42 Å². The van der Waals surface area contributed by atoms with Crippen LogP contribution in [-0.4, -0.2) is 15.8 Å². The number of furan rings is 1. The van der Waals surface area contributed by atoms with Crippen LogP contribution < -0.4 is 0 Å². The largest absolute Gasteiger partial charge is 0.435 e. The van der Waals surface area contributed by atoms with Crippen molar-refractivity contribution in [3.8, 4) is 11.4 Å². The Hall–Kier alpha value is -2.36. The lowest BCUT2D eigenvalue weighted by atomic mass is 10.1. The van der Waals surface area contributed by atoms with E-state index in [1.54, 1.807) is 6.07 Å². The van der Waals surface area contributed by atoms with E-state index in [-0.39, 0.29) is 0 Å². The third-order valence-electron chi connectivity index (χ3n) is 3.15. The van der Waals surface area contributed by atoms with Gasteiger partial charge in [0.05, 0.1) is 0 Å². The van der Waals surface area contributed by atoms with Crippen molar-refractivity contribution in [1.29, 1.82) is 0 Å². The van der Waals surface area contributed by atoms with Gasteiger partial charge in [-0.05, 0) is 19.9 Å². The molecule has 0 spiro atoms. The van der Waals surface area contributed by atoms with E-state index in [0.29, 0.717) is 17.8 Å². The van der Waals surface area contributed by atoms with Crippen molar-refractivity contribution < 1.29 is 9.21 Å². The Morgan fingerprint density at radius 1 is 1.37 bits per heavy atom. The first-order valence-electron chi connectivity index (χ1n) is 6.25. The molecule has 0 amide bonds. The molecule has 0 fully saturated rings. The van der Waals surface area contributed by atoms with Crippen molar-refractivity contribution in [2.45, 2.75) is 20.4 Å². The van der Waals surface area contributed by atoms with Gasteiger partial charge in [-0.15, -0.1) is 0 Å². The number of hydrogen-bond acceptors (Lipinski definition) is 3. The fraction of sp³-hybridized carbons (Fsp3) is 0.200. The average Bonchev–Trinajstić information content (AvgIpc) is 2.94. The van der Waals surface area contributed by atoms with Crippen molar-refractivity contribution in [3.05, 3.63) is 41.7 Å². The fourth-order valence-corrected chi connectivity index (χ4v) is 2.29. The van der Waals surface area contributed by atoms with Crippen LogP contribution in [0.4, 0.5) is 0 Å². The quantitative estimate of drug-likeness (QED) is 0.673. The third kappa shape index (κ3) is 1.85. The first-order chi connectivity index (χ1) is 9.22. The van der Waals surface area contributed by atoms with Crippen LogP contribution in [-0.2, 0) is 6.54 Å². The van der Waals surface area contributed by atoms with E-state index in [1.807, 2.05) is 23.6 Å². The van der Waals surface area contributed by atoms with Crippen molar-refractivity contribution in [2.75, 3.05) is 0 Å². The summed E-state index contributed by atoms with van der Waals surface area (Å²) in [6.45, 7) is 4.83. The molecular formula is C15H14N2O2. The number of imidazole rings is 1. The molecule has 3 rings (SSSR count). The van der Waals surface area contributed by atoms with E-state index in [0.717, 1.165) is 23.4 Å². The molecule has 4 heteroatoms. The molecule has 0 saturated heterocycles. The highest BCUT2D eigenvalue weighted by atomic mass is 16.4. The second-order valence-electron chi connectivity index (χ2n) is 4.51. The van der Waals surface area contributed by atoms with Crippen molar-refractivity contribution in [1.82, 2.24) is 9.55 Å². The molecule has 0 atom stereocenters. The highest BCUT2D eigenvalue weighted by Crippen LogP contribution is 2.27. The molecule has 4 nitrogen and oxygen atoms in total. The maximum absolute atomic E-state index is 10.7. The van der Waals surface area contributed by atoms with Crippen LogP contribution in [0.1, 0.15) is 23.0 Å². The monoisotopic (exact) mass is 254 g/mol. The van der Waals surface area contributed by atoms with Crippen LogP contribution in [0.3, 0.4) is 0 Å². The van der Waals surface area contributed by atoms with Crippen LogP contribution >= 0.6 is 0 Å². The summed E-state index contributed by atoms with van der Waals surface area (Å²) >= 11 is 0. The minimum absolute atomic E-state index is 0.315. The summed E-state index contributed by atoms with van der Waals surface area (Å²) in [5.74, 6) is 1.19. The molecule has 0 aliphatic heterocycles. The number of carbonyl (C=O) groups is 1. The lowest BCUT2D eigenvalue weighted by molar-refractivity contribution is 0.110. The Morgan fingerprint density at radius 3 is 2.89 bits per heavy atom. The number of aldehydes is 1. The molecule has 0 aliphatic carbocycles. The van der Waals surface area contributed by atoms with Gasteiger partial charge in [-0.1, -0.05) is 23.8 Å². The Balaban J connectivity index is 2.23. The molecule has 0 saturated carbocycles. The summed E-state index contributed by atoms with van der Waals surface area (Å²) in [7, 11) is 0. The van der Waals surface area contributed by atoms with Crippen LogP contribution in [0, 0.1) is 6.92 Å². The number of rotatable bonds is 3. The van der Waals surface area contributed by atoms with Gasteiger partial charge in [0.1, 0.15) is 11.3 Å². The molecule has 0 bridgehead atoms. The van der Waals surface area contributed by atoms with E-state index in [9.17, 15) is 4.79 Å². The van der Waals surface area contributed by atoms with Gasteiger partial charge in [0.25, 0.3) is 0 Å². The number of aromatic nitrogens is 2. The molecule has 3 aromatic rings. The molecular weight excluding hydrogens is 240 g/mol. The minimum Gasteiger partial charge on any atom is -0.435 e. The Morgan fingerprint density at radius 2 is 2.21 bits per heavy atom. The molecule has 0 unspecified atom stereocenters. The van der Waals surface area contributed by atoms with Gasteiger partial charge < -0.3 is 4.42 Å². The van der Waals surface area contributed by atoms with Crippen molar-refractivity contribution in [2.24, 2.45) is 0 Å². The predicted molar refractivity (Wildman–Crippen MR) is 73.2 cm³/mol. The zero-order valence-corrected chi connectivity index (χ0v) is 10.9. The van der Waals surface area contributed by atoms with E-state index in [2.05, 4.69) is 24.0 Å². The standard InChI is InChI=1S/C15H14N2O2/c1-3-17-14(11-6-4-5-10(2)7-11)16-13-8-12(9-18)19-15(13)17/h4-9H,3H2,1-2H3. The lowest BCUT2D eigenvalue weighted by Crippen LogP contribution is -1.97. The number of benzene rings is 1. The first-order valence-corrected chi connectivity index (χ1v) is 6.25. The maximum atomic E-state index is 10.7. The minimum atomic E-state index is 0.315. The predicted octanol–water partition coefficient (Wildman–Crippen LogP) is 3.44. The summed E-state index contributed by atoms with van der Waals surface area (Å²) in [5, 5.41) is 0. The van der Waals surface area contributed by atoms with Crippen molar-refractivity contribution >= 4 is 17.5 Å². The van der Waals surface area contributed by atoms with E-state index < -0.39 is 0 Å². The van der Waals surface area contributed by atoms with Gasteiger partial charge in [0.15, 0.2) is 12.0 Å². The molecule has 1 aromatic carbocycles. The third-order valence-corrected chi connectivity index (χ3v) is 3.15. The SMILES string of the molecule is CCn1c(-c2cccc(C)c2)nc2cc(C=O)oc21. The summed E-state index contributed by atoms with van der Waals surface area (Å²) in [6, 6.07) is 9.86. The molecule has 0 aliphatic rings. The highest BCUT2D eigenvalue weighted by Gasteiger charge is 2.15. The second kappa shape index (κ2) is 4.39. The summed E-state index contributed by atoms with van der Waals surface area (Å²) in [5.41, 5.74) is 3.62. The topological polar surface area (TPSA) is 48.0 Å². The summed E-state index contributed by atoms with van der Waals surface area (Å²) in [4.78, 5) is 15.3. The number of carbonyl (C=O) groups excluding carboxylic acids is 1. The first kappa shape index (κ1) is 11.7. The number of fused-ring (bicyclic) bond motifs is 1. The fourth-order valence-electron chi connectivity index (χ4n) is 2.29. The molecule has 0 radical (unpaired) electrons. The summed E-state index contributed by atoms with van der Waals surface area (Å²) in [6.07, 6.45) is 0.702. The van der Waals surface area contributed by atoms with E-state index >= 15 is 0 Å². The average molecular weight is 254 g/mol. The maximum Gasteiger partial charge on any atom is 0.227 e. The summed E-state index contributed by atoms with van der Waals surface area (Å²) < 4.78 is 7.49. The molecule has 96 valence electrons. The van der Waals surface area contributed by atoms with Crippen LogP contribution in [0.2, 0.25) is 0 Å². The number of hydrogen-bond donors (Lipinski definition) is 0. The molecule has 19 heavy (non-hydrogen) atoms. The van der Waals surface area contributed by atoms with Crippen LogP contribution in [0.15, 0.2) is 34.7 Å². The van der Waals surface area contributed by atoms with Gasteiger partial charge in [0, 0.05) is 18.2 Å². The van der Waals surface area contributed by atoms with Crippen molar-refractivity contribution in [3.63, 3.8) is 0 Å². The second-order valence-corrected chi connectivity index (χ2v) is 4.51. The van der Waals surface area contributed by atoms with E-state index in [1.165, 1.54) is 5.56 Å². The van der Waals surface area contributed by atoms with Gasteiger partial charge in [0.2, 0.25) is 5.71 Å². The van der Waals surface area contributed by atoms with Crippen LogP contribution in [0.5, 0.6) is 0 Å². The molecule has 0 N–H and O–H groups in total. The normalized spacial score (nSPS) is 11.1.